The zero-order valence-corrected chi connectivity index (χ0v) is 52.2. The fourth-order valence-electron chi connectivity index (χ4n) is 12.8. The normalized spacial score (nSPS) is 22.7. The van der Waals surface area contributed by atoms with Crippen molar-refractivity contribution in [2.24, 2.45) is 66.8 Å². The van der Waals surface area contributed by atoms with Crippen molar-refractivity contribution in [2.75, 3.05) is 39.3 Å². The summed E-state index contributed by atoms with van der Waals surface area (Å²) in [5.41, 5.74) is 48.3. The standard InChI is InChI=1S/C59H89N19O13S/c60-36(13-5-19-68-57(62)63)49(83)73-40(15-6-20-69-58(64)65)51(85)75-21-7-16-44(75)54(88)76(52(86)42-25-34(80)28-71-42)29-47(81)77(50(84)37(61)26-35-12-8-22-92-35)46(30-79)55(89)78(53(87)43-24-32-10-3-4-14-38(32)72-43)45(56(90)91)18-17-39(74-59(66)67)48(82)41-23-31-9-1-2-11-33(31)27-70-41/h1-2,8-9,11-12,22,32,34,36-46,70-72,79-80H,3-7,10,13-21,23-30,60-61H2,(H,73,83)(H,90,91)(H4,62,63,68)(H4,64,65,69)(H4,66,67,74)/t32-,34+,36+,37-,38-,39?,40-,41?,42?,43?,44-,45-,46-/m0/s1. The second-order valence-corrected chi connectivity index (χ2v) is 25.1. The van der Waals surface area contributed by atoms with E-state index in [4.69, 9.17) is 45.9 Å². The quantitative estimate of drug-likeness (QED) is 0.0150. The van der Waals surface area contributed by atoms with E-state index in [1.807, 2.05) is 24.3 Å². The number of benzene rings is 1. The Bertz CT molecular complexity index is 3050. The molecule has 5 aliphatic rings. The number of ketones is 1. The number of nitrogens with zero attached hydrogens (tertiary/aromatic N) is 7. The number of aliphatic hydroxyl groups excluding tert-OH is 2. The van der Waals surface area contributed by atoms with E-state index in [9.17, 15) is 39.3 Å². The van der Waals surface area contributed by atoms with Gasteiger partial charge >= 0.3 is 5.97 Å². The minimum atomic E-state index is -2.48. The number of carbonyl (C=O) groups is 10. The largest absolute Gasteiger partial charge is 0.480 e. The van der Waals surface area contributed by atoms with Gasteiger partial charge in [-0.3, -0.25) is 67.8 Å². The number of imide groups is 3. The summed E-state index contributed by atoms with van der Waals surface area (Å²) in [6.45, 7) is -2.58. The predicted molar refractivity (Wildman–Crippen MR) is 337 cm³/mol. The third kappa shape index (κ3) is 18.6. The van der Waals surface area contributed by atoms with Gasteiger partial charge in [-0.15, -0.1) is 11.3 Å². The van der Waals surface area contributed by atoms with Gasteiger partial charge in [0, 0.05) is 50.1 Å². The molecular weight excluding hydrogens is 1210 g/mol. The highest BCUT2D eigenvalue weighted by Crippen LogP contribution is 2.35. The van der Waals surface area contributed by atoms with E-state index in [0.29, 0.717) is 40.5 Å². The van der Waals surface area contributed by atoms with Gasteiger partial charge in [0.1, 0.15) is 36.8 Å². The Hall–Kier alpha value is -8.05. The Labute approximate surface area is 536 Å². The summed E-state index contributed by atoms with van der Waals surface area (Å²) in [5.74, 6) is -12.6. The molecule has 504 valence electrons. The number of carboxylic acids is 1. The van der Waals surface area contributed by atoms with Gasteiger partial charge in [0.15, 0.2) is 23.7 Å². The van der Waals surface area contributed by atoms with Crippen molar-refractivity contribution < 1.29 is 63.3 Å². The van der Waals surface area contributed by atoms with Gasteiger partial charge in [-0.1, -0.05) is 43.2 Å². The molecule has 23 N–H and O–H groups in total. The maximum atomic E-state index is 15.8. The first-order chi connectivity index (χ1) is 43.9. The van der Waals surface area contributed by atoms with Crippen LogP contribution in [0, 0.1) is 5.92 Å². The molecule has 13 atom stereocenters. The third-order valence-electron chi connectivity index (χ3n) is 17.5. The molecule has 32 nitrogen and oxygen atoms in total. The maximum Gasteiger partial charge on any atom is 0.326 e. The van der Waals surface area contributed by atoms with E-state index in [1.165, 1.54) is 11.3 Å². The molecule has 0 bridgehead atoms. The number of nitrogens with one attached hydrogen (secondary N) is 4. The van der Waals surface area contributed by atoms with Crippen LogP contribution in [0.3, 0.4) is 0 Å². The van der Waals surface area contributed by atoms with Crippen molar-refractivity contribution >= 4 is 88.2 Å². The van der Waals surface area contributed by atoms with Crippen molar-refractivity contribution in [3.63, 3.8) is 0 Å². The second-order valence-electron chi connectivity index (χ2n) is 24.0. The lowest BCUT2D eigenvalue weighted by molar-refractivity contribution is -0.168. The molecular formula is C59H89N19O13S. The number of thiophene rings is 1. The Morgan fingerprint density at radius 1 is 0.717 bits per heavy atom. The Morgan fingerprint density at radius 2 is 1.41 bits per heavy atom. The number of hydrogen-bond donors (Lipinski definition) is 15. The predicted octanol–water partition coefficient (Wildman–Crippen LogP) is -5.24. The molecule has 0 radical (unpaired) electrons. The molecule has 1 saturated carbocycles. The van der Waals surface area contributed by atoms with E-state index >= 15 is 24.0 Å². The summed E-state index contributed by atoms with van der Waals surface area (Å²) in [4.78, 5) is 163. The summed E-state index contributed by atoms with van der Waals surface area (Å²) < 4.78 is 0. The number of amides is 8. The first-order valence-electron chi connectivity index (χ1n) is 31.2. The summed E-state index contributed by atoms with van der Waals surface area (Å²) in [6.07, 6.45) is 1.18. The van der Waals surface area contributed by atoms with Gasteiger partial charge in [0.05, 0.1) is 42.9 Å². The smallest absolute Gasteiger partial charge is 0.326 e. The van der Waals surface area contributed by atoms with Crippen LogP contribution in [-0.2, 0) is 67.3 Å². The van der Waals surface area contributed by atoms with Gasteiger partial charge in [-0.05, 0) is 112 Å². The zero-order valence-electron chi connectivity index (χ0n) is 51.4. The van der Waals surface area contributed by atoms with Gasteiger partial charge in [-0.2, -0.15) is 0 Å². The average molecular weight is 1300 g/mol. The number of rotatable bonds is 30. The van der Waals surface area contributed by atoms with Crippen LogP contribution in [0.4, 0.5) is 0 Å². The van der Waals surface area contributed by atoms with Crippen molar-refractivity contribution in [1.82, 2.24) is 40.9 Å². The number of aliphatic hydroxyl groups is 2. The van der Waals surface area contributed by atoms with Gasteiger partial charge in [0.2, 0.25) is 35.4 Å². The van der Waals surface area contributed by atoms with Gasteiger partial charge in [0.25, 0.3) is 11.8 Å². The summed E-state index contributed by atoms with van der Waals surface area (Å²) in [7, 11) is 0. The Balaban J connectivity index is 1.25. The molecule has 2 aromatic rings. The highest BCUT2D eigenvalue weighted by molar-refractivity contribution is 7.09. The van der Waals surface area contributed by atoms with E-state index in [-0.39, 0.29) is 113 Å². The minimum absolute atomic E-state index is 0.0275. The lowest BCUT2D eigenvalue weighted by Crippen LogP contribution is -2.65. The second kappa shape index (κ2) is 33.5. The number of hydrogen-bond acceptors (Lipinski definition) is 21. The minimum Gasteiger partial charge on any atom is -0.480 e. The highest BCUT2D eigenvalue weighted by atomic mass is 32.1. The number of carboxylic acid groups (broad SMARTS) is 1. The molecule has 4 fully saturated rings. The number of likely N-dealkylation sites (tertiary alicyclic amines) is 1. The van der Waals surface area contributed by atoms with Crippen LogP contribution in [-0.4, -0.2) is 224 Å². The number of nitrogens with two attached hydrogens (primary N) is 8. The number of β-amino-alcohol motifs (C(OH)–C–C–N with tert-alkyl or cyclic N) is 1. The maximum absolute atomic E-state index is 15.8. The summed E-state index contributed by atoms with van der Waals surface area (Å²) in [6, 6.07) is -4.66. The molecule has 8 amide bonds. The van der Waals surface area contributed by atoms with Crippen LogP contribution in [0.15, 0.2) is 56.8 Å². The van der Waals surface area contributed by atoms with Crippen molar-refractivity contribution in [1.29, 1.82) is 0 Å². The molecule has 5 heterocycles. The number of carbonyl (C=O) groups excluding carboxylic acids is 9. The van der Waals surface area contributed by atoms with Crippen molar-refractivity contribution in [2.45, 2.75) is 182 Å². The van der Waals surface area contributed by atoms with E-state index < -0.39 is 157 Å². The number of guanidine groups is 3. The molecule has 1 aromatic heterocycles. The fourth-order valence-corrected chi connectivity index (χ4v) is 13.6. The first kappa shape index (κ1) is 71.4. The lowest BCUT2D eigenvalue weighted by atomic mass is 9.85. The Kier molecular flexibility index (Phi) is 26.0. The Morgan fingerprint density at radius 3 is 2.04 bits per heavy atom. The summed E-state index contributed by atoms with van der Waals surface area (Å²) >= 11 is 1.19. The number of Topliss-reactive ketones (excluding diaryl/α,β-unsaturated/α-hetero) is 1. The van der Waals surface area contributed by atoms with E-state index in [0.717, 1.165) is 28.9 Å². The van der Waals surface area contributed by atoms with E-state index in [2.05, 4.69) is 36.2 Å². The SMILES string of the molecule is NC(N)=NCCC[C@@H](N)C(=O)N[C@@H](CCCN=C(N)N)C(=O)N1CCC[C@H]1C(=O)N(CC(=O)N(C(=O)[C@@H](N)Cc1cccs1)[C@@H](CO)C(=O)N(C(=O)C1C[C@@H]2CCCC[C@@H]2N1)[C@@H](CCC(N=C(N)N)C(=O)C1Cc2ccccc2CN1)C(=O)O)C(=O)C1C[C@@H](O)CN1. The highest BCUT2D eigenvalue weighted by Gasteiger charge is 2.51. The third-order valence-corrected chi connectivity index (χ3v) is 18.4. The molecule has 33 heteroatoms. The topological polar surface area (TPSA) is 538 Å². The van der Waals surface area contributed by atoms with Crippen LogP contribution >= 0.6 is 11.3 Å². The van der Waals surface area contributed by atoms with Crippen LogP contribution < -0.4 is 67.1 Å². The molecule has 7 rings (SSSR count). The lowest BCUT2D eigenvalue weighted by Gasteiger charge is -2.37. The van der Waals surface area contributed by atoms with Crippen molar-refractivity contribution in [3.8, 4) is 0 Å². The number of aliphatic imine (C=N–C) groups is 3. The average Bonchev–Trinajstić information content (AvgIpc) is 1.28. The number of fused-ring (bicyclic) bond motifs is 2. The molecule has 1 aromatic carbocycles. The zero-order chi connectivity index (χ0) is 66.9. The van der Waals surface area contributed by atoms with Gasteiger partial charge < -0.3 is 87.4 Å². The van der Waals surface area contributed by atoms with Crippen LogP contribution in [0.25, 0.3) is 0 Å². The monoisotopic (exact) mass is 1300 g/mol. The summed E-state index contributed by atoms with van der Waals surface area (Å²) in [5, 5.41) is 47.0. The molecule has 3 saturated heterocycles. The van der Waals surface area contributed by atoms with E-state index in [1.54, 1.807) is 17.5 Å². The molecule has 4 aliphatic heterocycles. The number of aliphatic carboxylic acids is 1. The van der Waals surface area contributed by atoms with Crippen LogP contribution in [0.5, 0.6) is 0 Å². The van der Waals surface area contributed by atoms with Crippen LogP contribution in [0.1, 0.15) is 106 Å². The fraction of sp³-hybridized carbons (Fsp3) is 0.610. The molecule has 1 aliphatic carbocycles. The molecule has 0 spiro atoms. The first-order valence-corrected chi connectivity index (χ1v) is 32.0. The van der Waals surface area contributed by atoms with Crippen molar-refractivity contribution in [3.05, 3.63) is 57.8 Å². The van der Waals surface area contributed by atoms with Crippen LogP contribution in [0.2, 0.25) is 0 Å². The molecule has 92 heavy (non-hydrogen) atoms. The van der Waals surface area contributed by atoms with Gasteiger partial charge in [-0.25, -0.2) is 9.79 Å². The molecule has 4 unspecified atom stereocenters.